The van der Waals surface area contributed by atoms with Crippen LogP contribution in [0.3, 0.4) is 0 Å². The van der Waals surface area contributed by atoms with Gasteiger partial charge in [0.25, 0.3) is 0 Å². The smallest absolute Gasteiger partial charge is 0.213 e. The van der Waals surface area contributed by atoms with Crippen LogP contribution in [0.2, 0.25) is 0 Å². The lowest BCUT2D eigenvalue weighted by molar-refractivity contribution is 0.00486. The van der Waals surface area contributed by atoms with Crippen LogP contribution in [0.4, 0.5) is 0 Å². The van der Waals surface area contributed by atoms with Crippen molar-refractivity contribution in [2.24, 2.45) is 0 Å². The number of aromatic nitrogens is 1. The Morgan fingerprint density at radius 1 is 1.29 bits per heavy atom. The Morgan fingerprint density at radius 3 is 2.53 bits per heavy atom. The predicted molar refractivity (Wildman–Crippen MR) is 69.2 cm³/mol. The third-order valence-electron chi connectivity index (χ3n) is 3.57. The van der Waals surface area contributed by atoms with Crippen LogP contribution in [0.25, 0.3) is 0 Å². The topological polar surface area (TPSA) is 25.4 Å². The molecule has 1 fully saturated rings. The standard InChI is InChI=1S/C14H22N2O/c1-12(2)16-10-7-14(3,8-11-16)17-13-6-4-5-9-15-13/h4-6,9,12H,7-8,10-11H2,1-3H3. The van der Waals surface area contributed by atoms with Gasteiger partial charge in [-0.05, 0) is 39.7 Å². The molecule has 17 heavy (non-hydrogen) atoms. The first-order valence-corrected chi connectivity index (χ1v) is 6.43. The minimum atomic E-state index is -0.0558. The fourth-order valence-corrected chi connectivity index (χ4v) is 2.28. The van der Waals surface area contributed by atoms with Crippen molar-refractivity contribution in [3.8, 4) is 5.88 Å². The summed E-state index contributed by atoms with van der Waals surface area (Å²) in [5.41, 5.74) is -0.0558. The number of pyridine rings is 1. The van der Waals surface area contributed by atoms with Gasteiger partial charge in [-0.15, -0.1) is 0 Å². The molecule has 0 bridgehead atoms. The van der Waals surface area contributed by atoms with E-state index in [2.05, 4.69) is 30.7 Å². The minimum Gasteiger partial charge on any atom is -0.471 e. The second-order valence-corrected chi connectivity index (χ2v) is 5.35. The second kappa shape index (κ2) is 5.05. The largest absolute Gasteiger partial charge is 0.471 e. The van der Waals surface area contributed by atoms with Crippen LogP contribution >= 0.6 is 0 Å². The monoisotopic (exact) mass is 234 g/mol. The summed E-state index contributed by atoms with van der Waals surface area (Å²) in [4.78, 5) is 6.74. The highest BCUT2D eigenvalue weighted by atomic mass is 16.5. The highest BCUT2D eigenvalue weighted by molar-refractivity contribution is 5.11. The van der Waals surface area contributed by atoms with Crippen molar-refractivity contribution in [3.63, 3.8) is 0 Å². The Labute approximate surface area is 104 Å². The van der Waals surface area contributed by atoms with E-state index in [9.17, 15) is 0 Å². The van der Waals surface area contributed by atoms with Gasteiger partial charge in [-0.25, -0.2) is 4.98 Å². The van der Waals surface area contributed by atoms with Gasteiger partial charge in [0, 0.05) is 31.4 Å². The summed E-state index contributed by atoms with van der Waals surface area (Å²) >= 11 is 0. The maximum absolute atomic E-state index is 6.03. The van der Waals surface area contributed by atoms with Crippen molar-refractivity contribution in [1.82, 2.24) is 9.88 Å². The van der Waals surface area contributed by atoms with E-state index in [1.807, 2.05) is 18.2 Å². The Kier molecular flexibility index (Phi) is 3.67. The molecule has 2 heterocycles. The zero-order valence-electron chi connectivity index (χ0n) is 11.0. The van der Waals surface area contributed by atoms with Gasteiger partial charge in [0.05, 0.1) is 0 Å². The average Bonchev–Trinajstić information content (AvgIpc) is 2.30. The lowest BCUT2D eigenvalue weighted by Crippen LogP contribution is -2.48. The number of likely N-dealkylation sites (tertiary alicyclic amines) is 1. The minimum absolute atomic E-state index is 0.0558. The van der Waals surface area contributed by atoms with Crippen LogP contribution in [0.5, 0.6) is 5.88 Å². The first-order valence-electron chi connectivity index (χ1n) is 6.43. The van der Waals surface area contributed by atoms with Gasteiger partial charge in [-0.2, -0.15) is 0 Å². The molecular weight excluding hydrogens is 212 g/mol. The molecule has 2 rings (SSSR count). The molecule has 3 heteroatoms. The number of hydrogen-bond acceptors (Lipinski definition) is 3. The number of ether oxygens (including phenoxy) is 1. The molecule has 0 aliphatic carbocycles. The van der Waals surface area contributed by atoms with E-state index in [0.29, 0.717) is 6.04 Å². The molecule has 1 aliphatic rings. The predicted octanol–water partition coefficient (Wildman–Crippen LogP) is 2.72. The Bertz CT molecular complexity index is 342. The van der Waals surface area contributed by atoms with Crippen LogP contribution in [-0.4, -0.2) is 34.6 Å². The van der Waals surface area contributed by atoms with Crippen molar-refractivity contribution in [1.29, 1.82) is 0 Å². The second-order valence-electron chi connectivity index (χ2n) is 5.35. The summed E-state index contributed by atoms with van der Waals surface area (Å²) in [7, 11) is 0. The van der Waals surface area contributed by atoms with Crippen molar-refractivity contribution in [2.75, 3.05) is 13.1 Å². The third-order valence-corrected chi connectivity index (χ3v) is 3.57. The van der Waals surface area contributed by atoms with Crippen molar-refractivity contribution >= 4 is 0 Å². The Morgan fingerprint density at radius 2 is 2.00 bits per heavy atom. The maximum Gasteiger partial charge on any atom is 0.213 e. The van der Waals surface area contributed by atoms with Gasteiger partial charge in [0.15, 0.2) is 0 Å². The number of piperidine rings is 1. The van der Waals surface area contributed by atoms with Crippen LogP contribution in [0.1, 0.15) is 33.6 Å². The van der Waals surface area contributed by atoms with Gasteiger partial charge in [-0.1, -0.05) is 6.07 Å². The summed E-state index contributed by atoms with van der Waals surface area (Å²) in [6.45, 7) is 8.92. The van der Waals surface area contributed by atoms with Gasteiger partial charge in [-0.3, -0.25) is 0 Å². The third kappa shape index (κ3) is 3.19. The molecule has 0 amide bonds. The van der Waals surface area contributed by atoms with Crippen LogP contribution < -0.4 is 4.74 Å². The van der Waals surface area contributed by atoms with Crippen LogP contribution in [-0.2, 0) is 0 Å². The first kappa shape index (κ1) is 12.4. The molecule has 3 nitrogen and oxygen atoms in total. The fourth-order valence-electron chi connectivity index (χ4n) is 2.28. The lowest BCUT2D eigenvalue weighted by atomic mass is 9.92. The van der Waals surface area contributed by atoms with E-state index in [-0.39, 0.29) is 5.60 Å². The van der Waals surface area contributed by atoms with Crippen LogP contribution in [0.15, 0.2) is 24.4 Å². The highest BCUT2D eigenvalue weighted by Gasteiger charge is 2.32. The molecule has 1 aromatic heterocycles. The molecule has 94 valence electrons. The number of rotatable bonds is 3. The molecule has 0 unspecified atom stereocenters. The summed E-state index contributed by atoms with van der Waals surface area (Å²) in [6, 6.07) is 6.44. The first-order chi connectivity index (χ1) is 8.09. The van der Waals surface area contributed by atoms with E-state index < -0.39 is 0 Å². The zero-order chi connectivity index (χ0) is 12.3. The van der Waals surface area contributed by atoms with E-state index in [0.717, 1.165) is 31.8 Å². The average molecular weight is 234 g/mol. The fraction of sp³-hybridized carbons (Fsp3) is 0.643. The van der Waals surface area contributed by atoms with E-state index >= 15 is 0 Å². The van der Waals surface area contributed by atoms with Crippen LogP contribution in [0, 0.1) is 0 Å². The molecule has 0 saturated carbocycles. The van der Waals surface area contributed by atoms with Gasteiger partial charge in [0.2, 0.25) is 5.88 Å². The van der Waals surface area contributed by atoms with Crippen molar-refractivity contribution < 1.29 is 4.74 Å². The zero-order valence-corrected chi connectivity index (χ0v) is 11.0. The number of hydrogen-bond donors (Lipinski definition) is 0. The van der Waals surface area contributed by atoms with Crippen molar-refractivity contribution in [2.45, 2.75) is 45.3 Å². The summed E-state index contributed by atoms with van der Waals surface area (Å²) in [5, 5.41) is 0. The molecule has 0 atom stereocenters. The molecular formula is C14H22N2O. The molecule has 0 radical (unpaired) electrons. The summed E-state index contributed by atoms with van der Waals surface area (Å²) in [5.74, 6) is 0.744. The SMILES string of the molecule is CC(C)N1CCC(C)(Oc2ccccn2)CC1. The van der Waals surface area contributed by atoms with Crippen molar-refractivity contribution in [3.05, 3.63) is 24.4 Å². The maximum atomic E-state index is 6.03. The van der Waals surface area contributed by atoms with E-state index in [1.54, 1.807) is 6.20 Å². The summed E-state index contributed by atoms with van der Waals surface area (Å²) < 4.78 is 6.03. The van der Waals surface area contributed by atoms with E-state index in [4.69, 9.17) is 4.74 Å². The van der Waals surface area contributed by atoms with E-state index in [1.165, 1.54) is 0 Å². The Balaban J connectivity index is 1.94. The van der Waals surface area contributed by atoms with Gasteiger partial charge < -0.3 is 9.64 Å². The molecule has 1 aromatic rings. The van der Waals surface area contributed by atoms with Gasteiger partial charge in [0.1, 0.15) is 5.60 Å². The molecule has 1 saturated heterocycles. The molecule has 0 aromatic carbocycles. The Hall–Kier alpha value is -1.09. The lowest BCUT2D eigenvalue weighted by Gasteiger charge is -2.40. The summed E-state index contributed by atoms with van der Waals surface area (Å²) in [6.07, 6.45) is 3.92. The normalized spacial score (nSPS) is 20.5. The molecule has 1 aliphatic heterocycles. The highest BCUT2D eigenvalue weighted by Crippen LogP contribution is 2.27. The molecule has 0 N–H and O–H groups in total. The molecule has 0 spiro atoms. The van der Waals surface area contributed by atoms with Gasteiger partial charge >= 0.3 is 0 Å². The number of nitrogens with zero attached hydrogens (tertiary/aromatic N) is 2. The quantitative estimate of drug-likeness (QED) is 0.804.